The maximum absolute atomic E-state index is 12.7. The van der Waals surface area contributed by atoms with E-state index in [4.69, 9.17) is 23.7 Å². The molecule has 2 aromatic carbocycles. The van der Waals surface area contributed by atoms with Crippen molar-refractivity contribution in [3.05, 3.63) is 83.9 Å². The number of carbonyl (C=O) groups excluding carboxylic acids is 4. The van der Waals surface area contributed by atoms with Crippen LogP contribution in [0, 0.1) is 0 Å². The van der Waals surface area contributed by atoms with E-state index in [1.807, 2.05) is 0 Å². The first-order valence-corrected chi connectivity index (χ1v) is 11.9. The Morgan fingerprint density at radius 2 is 1.41 bits per heavy atom. The van der Waals surface area contributed by atoms with E-state index in [0.29, 0.717) is 0 Å². The smallest absolute Gasteiger partial charge is 0.407 e. The van der Waals surface area contributed by atoms with Crippen LogP contribution in [0.5, 0.6) is 0 Å². The molecule has 3 N–H and O–H groups in total. The lowest BCUT2D eigenvalue weighted by atomic mass is 9.98. The Morgan fingerprint density at radius 3 is 1.95 bits per heavy atom. The number of alkyl carbamates (subject to hydrolysis) is 1. The number of amides is 1. The zero-order chi connectivity index (χ0) is 28.4. The SMILES string of the molecule is C=C(C)C(=O)OCCNC(=O)OC[C@H]1O[C@@H](O)[C@H](OC(=O)c2ccccc2)[C@@H](OC(=O)c2ccccc2)[C@@H]1O. The summed E-state index contributed by atoms with van der Waals surface area (Å²) in [4.78, 5) is 48.8. The van der Waals surface area contributed by atoms with Crippen LogP contribution in [-0.4, -0.2) is 84.7 Å². The molecule has 0 aliphatic carbocycles. The highest BCUT2D eigenvalue weighted by Crippen LogP contribution is 2.27. The minimum absolute atomic E-state index is 0.0661. The molecule has 1 aliphatic rings. The molecule has 1 fully saturated rings. The summed E-state index contributed by atoms with van der Waals surface area (Å²) >= 11 is 0. The highest BCUT2D eigenvalue weighted by molar-refractivity contribution is 5.90. The van der Waals surface area contributed by atoms with Crippen LogP contribution in [0.3, 0.4) is 0 Å². The Morgan fingerprint density at radius 1 is 0.872 bits per heavy atom. The summed E-state index contributed by atoms with van der Waals surface area (Å²) in [5.41, 5.74) is 0.511. The van der Waals surface area contributed by atoms with Crippen LogP contribution < -0.4 is 5.32 Å². The molecule has 0 aromatic heterocycles. The average Bonchev–Trinajstić information content (AvgIpc) is 2.94. The quantitative estimate of drug-likeness (QED) is 0.171. The van der Waals surface area contributed by atoms with Gasteiger partial charge in [0.2, 0.25) is 0 Å². The molecule has 1 amide bonds. The van der Waals surface area contributed by atoms with Crippen LogP contribution in [0.25, 0.3) is 0 Å². The second-order valence-electron chi connectivity index (χ2n) is 8.47. The van der Waals surface area contributed by atoms with Gasteiger partial charge in [0.05, 0.1) is 17.7 Å². The van der Waals surface area contributed by atoms with Gasteiger partial charge in [-0.15, -0.1) is 0 Å². The zero-order valence-corrected chi connectivity index (χ0v) is 21.1. The Kier molecular flexibility index (Phi) is 10.6. The first kappa shape index (κ1) is 29.3. The molecule has 0 saturated carbocycles. The van der Waals surface area contributed by atoms with Gasteiger partial charge in [-0.2, -0.15) is 0 Å². The number of aliphatic hydroxyl groups excluding tert-OH is 2. The van der Waals surface area contributed by atoms with E-state index >= 15 is 0 Å². The highest BCUT2D eigenvalue weighted by atomic mass is 16.7. The van der Waals surface area contributed by atoms with E-state index in [1.54, 1.807) is 36.4 Å². The van der Waals surface area contributed by atoms with Crippen molar-refractivity contribution in [1.29, 1.82) is 0 Å². The fraction of sp³-hybridized carbons (Fsp3) is 0.333. The number of aliphatic hydroxyl groups is 2. The second kappa shape index (κ2) is 14.0. The van der Waals surface area contributed by atoms with Gasteiger partial charge in [0.25, 0.3) is 0 Å². The molecule has 0 unspecified atom stereocenters. The molecule has 208 valence electrons. The van der Waals surface area contributed by atoms with Crippen LogP contribution in [0.2, 0.25) is 0 Å². The second-order valence-corrected chi connectivity index (χ2v) is 8.47. The summed E-state index contributed by atoms with van der Waals surface area (Å²) in [6.45, 7) is 4.16. The van der Waals surface area contributed by atoms with E-state index in [2.05, 4.69) is 11.9 Å². The molecule has 2 aromatic rings. The van der Waals surface area contributed by atoms with Gasteiger partial charge in [0, 0.05) is 5.57 Å². The van der Waals surface area contributed by atoms with Crippen molar-refractivity contribution in [2.24, 2.45) is 0 Å². The summed E-state index contributed by atoms with van der Waals surface area (Å²) in [5, 5.41) is 23.9. The van der Waals surface area contributed by atoms with Gasteiger partial charge >= 0.3 is 24.0 Å². The number of benzene rings is 2. The van der Waals surface area contributed by atoms with E-state index in [0.717, 1.165) is 0 Å². The number of esters is 3. The molecule has 5 atom stereocenters. The van der Waals surface area contributed by atoms with Gasteiger partial charge in [-0.05, 0) is 31.2 Å². The fourth-order valence-electron chi connectivity index (χ4n) is 3.47. The number of hydrogen-bond donors (Lipinski definition) is 3. The van der Waals surface area contributed by atoms with Gasteiger partial charge < -0.3 is 39.2 Å². The highest BCUT2D eigenvalue weighted by Gasteiger charge is 2.50. The third-order valence-electron chi connectivity index (χ3n) is 5.47. The molecule has 0 bridgehead atoms. The minimum Gasteiger partial charge on any atom is -0.460 e. The van der Waals surface area contributed by atoms with Gasteiger partial charge in [0.15, 0.2) is 18.5 Å². The topological polar surface area (TPSA) is 167 Å². The van der Waals surface area contributed by atoms with Gasteiger partial charge in [-0.1, -0.05) is 43.0 Å². The summed E-state index contributed by atoms with van der Waals surface area (Å²) < 4.78 is 26.0. The lowest BCUT2D eigenvalue weighted by Gasteiger charge is -2.41. The maximum Gasteiger partial charge on any atom is 0.407 e. The lowest BCUT2D eigenvalue weighted by molar-refractivity contribution is -0.284. The first-order valence-electron chi connectivity index (χ1n) is 11.9. The summed E-state index contributed by atoms with van der Waals surface area (Å²) in [6.07, 6.45) is -8.97. The monoisotopic (exact) mass is 543 g/mol. The van der Waals surface area contributed by atoms with Crippen molar-refractivity contribution in [2.75, 3.05) is 19.8 Å². The molecule has 0 spiro atoms. The Bertz CT molecular complexity index is 1150. The van der Waals surface area contributed by atoms with Crippen LogP contribution in [0.4, 0.5) is 4.79 Å². The zero-order valence-electron chi connectivity index (χ0n) is 21.1. The number of hydrogen-bond acceptors (Lipinski definition) is 11. The van der Waals surface area contributed by atoms with E-state index in [9.17, 15) is 29.4 Å². The minimum atomic E-state index is -1.84. The largest absolute Gasteiger partial charge is 0.460 e. The summed E-state index contributed by atoms with van der Waals surface area (Å²) in [6, 6.07) is 15.7. The molecule has 1 saturated heterocycles. The number of rotatable bonds is 10. The normalized spacial score (nSPS) is 22.2. The molecule has 12 nitrogen and oxygen atoms in total. The molecule has 0 radical (unpaired) electrons. The van der Waals surface area contributed by atoms with Gasteiger partial charge in [-0.3, -0.25) is 0 Å². The van der Waals surface area contributed by atoms with Crippen molar-refractivity contribution < 1.29 is 53.1 Å². The molecular weight excluding hydrogens is 514 g/mol. The van der Waals surface area contributed by atoms with Crippen LogP contribution in [0.15, 0.2) is 72.8 Å². The van der Waals surface area contributed by atoms with E-state index in [1.165, 1.54) is 31.2 Å². The Hall–Kier alpha value is -4.26. The van der Waals surface area contributed by atoms with Crippen molar-refractivity contribution in [3.63, 3.8) is 0 Å². The number of carbonyl (C=O) groups is 4. The fourth-order valence-corrected chi connectivity index (χ4v) is 3.47. The van der Waals surface area contributed by atoms with Crippen LogP contribution >= 0.6 is 0 Å². The van der Waals surface area contributed by atoms with Crippen molar-refractivity contribution in [2.45, 2.75) is 37.6 Å². The average molecular weight is 544 g/mol. The molecule has 39 heavy (non-hydrogen) atoms. The third-order valence-corrected chi connectivity index (χ3v) is 5.47. The van der Waals surface area contributed by atoms with E-state index in [-0.39, 0.29) is 29.9 Å². The van der Waals surface area contributed by atoms with Crippen molar-refractivity contribution in [1.82, 2.24) is 5.32 Å². The summed E-state index contributed by atoms with van der Waals surface area (Å²) in [7, 11) is 0. The maximum atomic E-state index is 12.7. The number of nitrogens with one attached hydrogen (secondary N) is 1. The molecule has 1 heterocycles. The molecule has 12 heteroatoms. The number of ether oxygens (including phenoxy) is 5. The summed E-state index contributed by atoms with van der Waals surface area (Å²) in [5.74, 6) is -2.31. The van der Waals surface area contributed by atoms with E-state index < -0.39 is 61.3 Å². The standard InChI is InChI=1S/C27H29NO11/c1-16(2)23(30)35-14-13-28-27(34)36-15-19-20(29)21(38-24(31)17-9-5-3-6-10-17)22(26(33)37-19)39-25(32)18-11-7-4-8-12-18/h3-12,19-22,26,29,33H,1,13-15H2,2H3,(H,28,34)/t19-,20-,21+,22-,26-/m1/s1. The molecule has 1 aliphatic heterocycles. The predicted molar refractivity (Wildman–Crippen MR) is 133 cm³/mol. The first-order chi connectivity index (χ1) is 18.7. The Balaban J connectivity index is 1.65. The predicted octanol–water partition coefficient (Wildman–Crippen LogP) is 1.36. The van der Waals surface area contributed by atoms with Crippen molar-refractivity contribution in [3.8, 4) is 0 Å². The Labute approximate surface area is 224 Å². The van der Waals surface area contributed by atoms with Gasteiger partial charge in [0.1, 0.15) is 25.4 Å². The molecule has 3 rings (SSSR count). The lowest BCUT2D eigenvalue weighted by Crippen LogP contribution is -2.61. The van der Waals surface area contributed by atoms with Crippen LogP contribution in [0.1, 0.15) is 27.6 Å². The van der Waals surface area contributed by atoms with Crippen LogP contribution in [-0.2, 0) is 28.5 Å². The van der Waals surface area contributed by atoms with Crippen molar-refractivity contribution >= 4 is 24.0 Å². The molecular formula is C27H29NO11. The van der Waals surface area contributed by atoms with Gasteiger partial charge in [-0.25, -0.2) is 19.2 Å². The third kappa shape index (κ3) is 8.37.